The average Bonchev–Trinajstić information content (AvgIpc) is 4.06. The third-order valence-corrected chi connectivity index (χ3v) is 19.7. The van der Waals surface area contributed by atoms with E-state index in [-0.39, 0.29) is 28.1 Å². The molecule has 14 rings (SSSR count). The Hall–Kier alpha value is -6.26. The van der Waals surface area contributed by atoms with Crippen LogP contribution in [0.4, 0.5) is 17.1 Å². The molecule has 4 aliphatic carbocycles. The van der Waals surface area contributed by atoms with Crippen LogP contribution in [0.15, 0.2) is 181 Å². The molecule has 0 fully saturated rings. The number of nitrogens with zero attached hydrogens (tertiary/aromatic N) is 1. The monoisotopic (exact) mass is 901 g/mol. The predicted molar refractivity (Wildman–Crippen MR) is 287 cm³/mol. The van der Waals surface area contributed by atoms with Crippen molar-refractivity contribution < 1.29 is 0 Å². The Kier molecular flexibility index (Phi) is 8.79. The standard InChI is InChI=1S/C64H55NS2/c1-37-33-34-64(8)57-39(3)48(35-38(2)52(37)57)47-24-16-18-26-51(47)65(44-31-32-46-45-23-15-17-25-49(45)62(4,5)50(46)36-44)43-29-27-41(28-30-43)54-56-55-53(40-19-11-9-12-20-40)58(42-21-13-10-14-22-42)66-59(55)63(6,7)60(56)67-61(54)64/h9-39H,1-8H3. The van der Waals surface area contributed by atoms with Crippen LogP contribution in [0.3, 0.4) is 0 Å². The van der Waals surface area contributed by atoms with Crippen molar-refractivity contribution in [3.63, 3.8) is 0 Å². The van der Waals surface area contributed by atoms with E-state index in [1.165, 1.54) is 109 Å². The molecule has 0 saturated carbocycles. The topological polar surface area (TPSA) is 3.24 Å². The molecule has 0 radical (unpaired) electrons. The van der Waals surface area contributed by atoms with Gasteiger partial charge in [0.15, 0.2) is 0 Å². The maximum absolute atomic E-state index is 2.62. The first kappa shape index (κ1) is 41.0. The van der Waals surface area contributed by atoms with E-state index in [0.29, 0.717) is 5.92 Å². The van der Waals surface area contributed by atoms with Crippen LogP contribution in [0.2, 0.25) is 0 Å². The van der Waals surface area contributed by atoms with Gasteiger partial charge in [0.05, 0.1) is 5.69 Å². The van der Waals surface area contributed by atoms with Crippen molar-refractivity contribution in [3.8, 4) is 54.9 Å². The SMILES string of the molecule is CC1C=CC2(C)C3=C1C(C)C=C(c1ccccc1N(c1ccc4c(c1)C(C)(C)c1ccccc1-4)c1ccc(cc1)-c1c2sc2c1-c1c(sc(-c4ccccc4)c1-c1ccccc1)C2(C)C)C3C. The second kappa shape index (κ2) is 14.4. The number of para-hydroxylation sites is 1. The maximum Gasteiger partial charge on any atom is 0.0536 e. The number of hydrogen-bond donors (Lipinski definition) is 0. The largest absolute Gasteiger partial charge is 0.310 e. The maximum atomic E-state index is 2.62. The lowest BCUT2D eigenvalue weighted by molar-refractivity contribution is 0.540. The summed E-state index contributed by atoms with van der Waals surface area (Å²) in [7, 11) is 0. The Balaban J connectivity index is 1.11. The third-order valence-electron chi connectivity index (χ3n) is 16.4. The predicted octanol–water partition coefficient (Wildman–Crippen LogP) is 18.3. The average molecular weight is 902 g/mol. The van der Waals surface area contributed by atoms with Crippen LogP contribution in [0.25, 0.3) is 60.5 Å². The number of benzene rings is 6. The van der Waals surface area contributed by atoms with Crippen LogP contribution in [-0.2, 0) is 16.2 Å². The molecule has 6 aliphatic rings. The summed E-state index contributed by atoms with van der Waals surface area (Å²) in [5.74, 6) is 0.827. The second-order valence-corrected chi connectivity index (χ2v) is 23.1. The first-order valence-corrected chi connectivity index (χ1v) is 25.9. The fraction of sp³-hybridized carbons (Fsp3) is 0.219. The summed E-state index contributed by atoms with van der Waals surface area (Å²) in [6, 6.07) is 57.5. The van der Waals surface area contributed by atoms with Crippen molar-refractivity contribution >= 4 is 45.3 Å². The summed E-state index contributed by atoms with van der Waals surface area (Å²) in [4.78, 5) is 8.34. The molecule has 4 unspecified atom stereocenters. The van der Waals surface area contributed by atoms with E-state index < -0.39 is 0 Å². The van der Waals surface area contributed by atoms with E-state index in [9.17, 15) is 0 Å². The van der Waals surface area contributed by atoms with Crippen LogP contribution in [0, 0.1) is 17.8 Å². The third kappa shape index (κ3) is 5.59. The zero-order valence-electron chi connectivity index (χ0n) is 39.7. The highest BCUT2D eigenvalue weighted by atomic mass is 32.1. The van der Waals surface area contributed by atoms with Gasteiger partial charge in [-0.05, 0) is 99.2 Å². The Labute approximate surface area is 404 Å². The summed E-state index contributed by atoms with van der Waals surface area (Å²) in [5, 5.41) is 0. The van der Waals surface area contributed by atoms with E-state index in [1.807, 2.05) is 11.3 Å². The van der Waals surface area contributed by atoms with Gasteiger partial charge in [-0.25, -0.2) is 0 Å². The Bertz CT molecular complexity index is 3460. The fourth-order valence-electron chi connectivity index (χ4n) is 13.2. The molecular weight excluding hydrogens is 847 g/mol. The molecule has 328 valence electrons. The highest BCUT2D eigenvalue weighted by Gasteiger charge is 2.50. The summed E-state index contributed by atoms with van der Waals surface area (Å²) >= 11 is 4.10. The molecule has 8 aromatic rings. The molecule has 67 heavy (non-hydrogen) atoms. The smallest absolute Gasteiger partial charge is 0.0536 e. The summed E-state index contributed by atoms with van der Waals surface area (Å²) in [6.45, 7) is 19.7. The quantitative estimate of drug-likeness (QED) is 0.160. The van der Waals surface area contributed by atoms with Crippen LogP contribution in [0.5, 0.6) is 0 Å². The first-order chi connectivity index (χ1) is 32.4. The van der Waals surface area contributed by atoms with Gasteiger partial charge in [0, 0.05) is 80.9 Å². The fourth-order valence-corrected chi connectivity index (χ4v) is 16.3. The molecule has 1 nitrogen and oxygen atoms in total. The van der Waals surface area contributed by atoms with E-state index in [4.69, 9.17) is 0 Å². The number of anilines is 3. The molecule has 0 saturated heterocycles. The summed E-state index contributed by atoms with van der Waals surface area (Å²) < 4.78 is 0. The van der Waals surface area contributed by atoms with Gasteiger partial charge in [-0.3, -0.25) is 0 Å². The van der Waals surface area contributed by atoms with Crippen molar-refractivity contribution in [1.29, 1.82) is 0 Å². The van der Waals surface area contributed by atoms with Gasteiger partial charge >= 0.3 is 0 Å². The van der Waals surface area contributed by atoms with Crippen LogP contribution < -0.4 is 4.90 Å². The molecule has 4 bridgehead atoms. The molecule has 0 spiro atoms. The molecule has 2 aromatic heterocycles. The molecular formula is C64H55NS2. The van der Waals surface area contributed by atoms with Gasteiger partial charge in [0.25, 0.3) is 0 Å². The lowest BCUT2D eigenvalue weighted by atomic mass is 9.60. The number of thiophene rings is 2. The van der Waals surface area contributed by atoms with Gasteiger partial charge in [-0.1, -0.05) is 194 Å². The van der Waals surface area contributed by atoms with Crippen molar-refractivity contribution in [2.45, 2.75) is 71.6 Å². The normalized spacial score (nSPS) is 22.1. The lowest BCUT2D eigenvalue weighted by Crippen LogP contribution is -2.35. The second-order valence-electron chi connectivity index (χ2n) is 21.0. The molecule has 6 aromatic carbocycles. The van der Waals surface area contributed by atoms with Gasteiger partial charge in [0.1, 0.15) is 0 Å². The molecule has 2 aliphatic heterocycles. The number of fused-ring (bicyclic) bond motifs is 8. The van der Waals surface area contributed by atoms with Gasteiger partial charge in [-0.2, -0.15) is 0 Å². The number of hydrogen-bond acceptors (Lipinski definition) is 3. The van der Waals surface area contributed by atoms with Crippen LogP contribution in [-0.4, -0.2) is 0 Å². The summed E-state index contributed by atoms with van der Waals surface area (Å²) in [6.07, 6.45) is 7.76. The van der Waals surface area contributed by atoms with Gasteiger partial charge < -0.3 is 4.90 Å². The van der Waals surface area contributed by atoms with Gasteiger partial charge in [-0.15, -0.1) is 22.7 Å². The Morgan fingerprint density at radius 3 is 1.82 bits per heavy atom. The number of rotatable bonds is 3. The highest BCUT2D eigenvalue weighted by molar-refractivity contribution is 7.18. The molecule has 3 heteroatoms. The minimum Gasteiger partial charge on any atom is -0.310 e. The minimum atomic E-state index is -0.331. The van der Waals surface area contributed by atoms with Crippen LogP contribution >= 0.6 is 22.7 Å². The summed E-state index contributed by atoms with van der Waals surface area (Å²) in [5.41, 5.74) is 23.8. The van der Waals surface area contributed by atoms with E-state index >= 15 is 0 Å². The molecule has 4 atom stereocenters. The Morgan fingerprint density at radius 1 is 0.478 bits per heavy atom. The first-order valence-electron chi connectivity index (χ1n) is 24.2. The van der Waals surface area contributed by atoms with Crippen molar-refractivity contribution in [1.82, 2.24) is 0 Å². The van der Waals surface area contributed by atoms with E-state index in [2.05, 4.69) is 242 Å². The van der Waals surface area contributed by atoms with Crippen LogP contribution in [0.1, 0.15) is 86.7 Å². The van der Waals surface area contributed by atoms with Crippen molar-refractivity contribution in [2.24, 2.45) is 17.8 Å². The Morgan fingerprint density at radius 2 is 1.07 bits per heavy atom. The van der Waals surface area contributed by atoms with E-state index in [0.717, 1.165) is 0 Å². The minimum absolute atomic E-state index is 0.118. The lowest BCUT2D eigenvalue weighted by Gasteiger charge is -2.45. The molecule has 4 heterocycles. The van der Waals surface area contributed by atoms with Crippen molar-refractivity contribution in [2.75, 3.05) is 4.90 Å². The van der Waals surface area contributed by atoms with E-state index in [1.54, 1.807) is 11.1 Å². The molecule has 0 N–H and O–H groups in total. The zero-order valence-corrected chi connectivity index (χ0v) is 41.3. The van der Waals surface area contributed by atoms with Crippen molar-refractivity contribution in [3.05, 3.63) is 212 Å². The highest BCUT2D eigenvalue weighted by Crippen LogP contribution is 2.67. The van der Waals surface area contributed by atoms with Gasteiger partial charge in [0.2, 0.25) is 0 Å². The number of allylic oxidation sites excluding steroid dienone is 6. The zero-order chi connectivity index (χ0) is 45.7. The molecule has 0 amide bonds.